The van der Waals surface area contributed by atoms with Gasteiger partial charge in [-0.3, -0.25) is 9.78 Å². The molecule has 30 heavy (non-hydrogen) atoms. The van der Waals surface area contributed by atoms with E-state index in [0.717, 1.165) is 32.6 Å². The Balaban J connectivity index is 1.29. The fourth-order valence-electron chi connectivity index (χ4n) is 3.78. The number of benzene rings is 2. The number of hydrogen-bond donors (Lipinski definition) is 1. The van der Waals surface area contributed by atoms with E-state index in [4.69, 9.17) is 0 Å². The largest absolute Gasteiger partial charge is 0.395 e. The molecule has 0 fully saturated rings. The van der Waals surface area contributed by atoms with E-state index in [0.29, 0.717) is 13.1 Å². The summed E-state index contributed by atoms with van der Waals surface area (Å²) >= 11 is 1.54. The molecule has 1 N–H and O–H groups in total. The van der Waals surface area contributed by atoms with E-state index in [1.807, 2.05) is 64.9 Å². The Labute approximate surface area is 178 Å². The molecule has 1 unspecified atom stereocenters. The van der Waals surface area contributed by atoms with Crippen LogP contribution in [0.25, 0.3) is 10.9 Å². The number of amides is 1. The van der Waals surface area contributed by atoms with Crippen molar-refractivity contribution in [2.45, 2.75) is 23.9 Å². The van der Waals surface area contributed by atoms with Crippen LogP contribution in [0.4, 0.5) is 0 Å². The van der Waals surface area contributed by atoms with Gasteiger partial charge in [-0.1, -0.05) is 36.4 Å². The number of aromatic nitrogens is 3. The van der Waals surface area contributed by atoms with Crippen LogP contribution in [0.3, 0.4) is 0 Å². The Kier molecular flexibility index (Phi) is 4.98. The van der Waals surface area contributed by atoms with Crippen molar-refractivity contribution in [2.24, 2.45) is 0 Å². The fraction of sp³-hybridized carbons (Fsp3) is 0.174. The molecule has 150 valence electrons. The second-order valence-electron chi connectivity index (χ2n) is 7.29. The minimum atomic E-state index is -0.539. The first-order chi connectivity index (χ1) is 14.7. The number of aliphatic hydroxyl groups excluding tert-OH is 1. The minimum absolute atomic E-state index is 0.0667. The minimum Gasteiger partial charge on any atom is -0.395 e. The summed E-state index contributed by atoms with van der Waals surface area (Å²) in [6.45, 7) is 0.774. The highest BCUT2D eigenvalue weighted by Crippen LogP contribution is 2.30. The predicted molar refractivity (Wildman–Crippen MR) is 116 cm³/mol. The summed E-state index contributed by atoms with van der Waals surface area (Å²) in [5.41, 5.74) is 3.75. The van der Waals surface area contributed by atoms with Crippen molar-refractivity contribution in [3.63, 3.8) is 0 Å². The van der Waals surface area contributed by atoms with Gasteiger partial charge in [0.1, 0.15) is 0 Å². The van der Waals surface area contributed by atoms with Gasteiger partial charge in [-0.15, -0.1) is 0 Å². The van der Waals surface area contributed by atoms with E-state index in [2.05, 4.69) is 16.1 Å². The zero-order valence-electron chi connectivity index (χ0n) is 16.2. The van der Waals surface area contributed by atoms with Gasteiger partial charge in [0.2, 0.25) is 5.91 Å². The SMILES string of the molecule is O=C(C(CO)c1ccccc1)N1Cc2cn(Sc3ccc4ncccc4c3)nc2C1. The van der Waals surface area contributed by atoms with Crippen LogP contribution in [0.5, 0.6) is 0 Å². The van der Waals surface area contributed by atoms with Crippen molar-refractivity contribution >= 4 is 28.8 Å². The Morgan fingerprint density at radius 3 is 2.77 bits per heavy atom. The van der Waals surface area contributed by atoms with Crippen molar-refractivity contribution in [2.75, 3.05) is 6.61 Å². The lowest BCUT2D eigenvalue weighted by Gasteiger charge is -2.22. The molecule has 0 radical (unpaired) electrons. The highest BCUT2D eigenvalue weighted by atomic mass is 32.2. The number of carbonyl (C=O) groups excluding carboxylic acids is 1. The molecule has 6 nitrogen and oxygen atoms in total. The number of fused-ring (bicyclic) bond motifs is 2. The number of pyridine rings is 1. The first kappa shape index (κ1) is 18.8. The summed E-state index contributed by atoms with van der Waals surface area (Å²) in [6, 6.07) is 19.5. The molecule has 1 aliphatic heterocycles. The van der Waals surface area contributed by atoms with Crippen LogP contribution in [0, 0.1) is 0 Å². The van der Waals surface area contributed by atoms with Crippen LogP contribution in [0.2, 0.25) is 0 Å². The molecule has 2 aromatic carbocycles. The molecule has 7 heteroatoms. The quantitative estimate of drug-likeness (QED) is 0.538. The van der Waals surface area contributed by atoms with Gasteiger partial charge in [0, 0.05) is 46.7 Å². The van der Waals surface area contributed by atoms with E-state index >= 15 is 0 Å². The van der Waals surface area contributed by atoms with Crippen LogP contribution in [0.15, 0.2) is 78.0 Å². The van der Waals surface area contributed by atoms with E-state index in [1.54, 1.807) is 11.1 Å². The third-order valence-electron chi connectivity index (χ3n) is 5.33. The summed E-state index contributed by atoms with van der Waals surface area (Å²) in [7, 11) is 0. The Morgan fingerprint density at radius 2 is 1.97 bits per heavy atom. The second-order valence-corrected chi connectivity index (χ2v) is 8.32. The molecular weight excluding hydrogens is 396 g/mol. The standard InChI is InChI=1S/C23H20N4O2S/c28-15-20(16-5-2-1-3-6-16)23(29)26-12-18-13-27(25-22(18)14-26)30-19-8-9-21-17(11-19)7-4-10-24-21/h1-11,13,20,28H,12,14-15H2. The maximum Gasteiger partial charge on any atom is 0.233 e. The number of aliphatic hydroxyl groups is 1. The Hall–Kier alpha value is -3.16. The summed E-state index contributed by atoms with van der Waals surface area (Å²) in [5.74, 6) is -0.606. The highest BCUT2D eigenvalue weighted by molar-refractivity contribution is 7.97. The van der Waals surface area contributed by atoms with E-state index in [-0.39, 0.29) is 12.5 Å². The van der Waals surface area contributed by atoms with Gasteiger partial charge in [0.15, 0.2) is 0 Å². The summed E-state index contributed by atoms with van der Waals surface area (Å²) in [6.07, 6.45) is 3.77. The lowest BCUT2D eigenvalue weighted by atomic mass is 9.98. The highest BCUT2D eigenvalue weighted by Gasteiger charge is 2.31. The lowest BCUT2D eigenvalue weighted by Crippen LogP contribution is -2.32. The Morgan fingerprint density at radius 1 is 1.10 bits per heavy atom. The van der Waals surface area contributed by atoms with Crippen LogP contribution < -0.4 is 0 Å². The zero-order valence-corrected chi connectivity index (χ0v) is 17.0. The smallest absolute Gasteiger partial charge is 0.233 e. The van der Waals surface area contributed by atoms with Crippen molar-refractivity contribution in [1.82, 2.24) is 19.1 Å². The number of rotatable bonds is 5. The van der Waals surface area contributed by atoms with Gasteiger partial charge in [0.25, 0.3) is 0 Å². The number of hydrogen-bond acceptors (Lipinski definition) is 5. The normalized spacial score (nSPS) is 14.1. The molecule has 1 amide bonds. The third kappa shape index (κ3) is 3.58. The van der Waals surface area contributed by atoms with Crippen molar-refractivity contribution in [3.05, 3.63) is 89.9 Å². The molecule has 0 bridgehead atoms. The topological polar surface area (TPSA) is 71.2 Å². The maximum absolute atomic E-state index is 13.0. The molecule has 0 saturated carbocycles. The zero-order chi connectivity index (χ0) is 20.5. The molecule has 0 saturated heterocycles. The predicted octanol–water partition coefficient (Wildman–Crippen LogP) is 3.61. The summed E-state index contributed by atoms with van der Waals surface area (Å²) in [5, 5.41) is 15.5. The molecule has 3 heterocycles. The van der Waals surface area contributed by atoms with Crippen molar-refractivity contribution in [1.29, 1.82) is 0 Å². The Bertz CT molecular complexity index is 1180. The third-order valence-corrected chi connectivity index (χ3v) is 6.16. The summed E-state index contributed by atoms with van der Waals surface area (Å²) < 4.78 is 1.85. The number of nitrogens with zero attached hydrogens (tertiary/aromatic N) is 4. The van der Waals surface area contributed by atoms with Gasteiger partial charge >= 0.3 is 0 Å². The molecule has 2 aromatic heterocycles. The molecule has 1 atom stereocenters. The molecule has 1 aliphatic rings. The molecule has 0 spiro atoms. The number of carbonyl (C=O) groups is 1. The fourth-order valence-corrected chi connectivity index (χ4v) is 4.62. The van der Waals surface area contributed by atoms with Crippen LogP contribution in [0.1, 0.15) is 22.7 Å². The van der Waals surface area contributed by atoms with Gasteiger partial charge in [-0.2, -0.15) is 5.10 Å². The molecule has 0 aliphatic carbocycles. The van der Waals surface area contributed by atoms with Crippen LogP contribution in [-0.4, -0.2) is 36.7 Å². The van der Waals surface area contributed by atoms with Gasteiger partial charge in [-0.25, -0.2) is 4.09 Å². The molecule has 4 aromatic rings. The first-order valence-electron chi connectivity index (χ1n) is 9.76. The van der Waals surface area contributed by atoms with Gasteiger partial charge in [0.05, 0.1) is 30.3 Å². The monoisotopic (exact) mass is 416 g/mol. The second kappa shape index (κ2) is 7.93. The average molecular weight is 417 g/mol. The van der Waals surface area contributed by atoms with Crippen molar-refractivity contribution < 1.29 is 9.90 Å². The average Bonchev–Trinajstić information content (AvgIpc) is 3.33. The summed E-state index contributed by atoms with van der Waals surface area (Å²) in [4.78, 5) is 20.2. The van der Waals surface area contributed by atoms with Crippen LogP contribution >= 0.6 is 11.9 Å². The van der Waals surface area contributed by atoms with E-state index in [9.17, 15) is 9.90 Å². The van der Waals surface area contributed by atoms with Gasteiger partial charge in [-0.05, 0) is 29.8 Å². The van der Waals surface area contributed by atoms with Crippen LogP contribution in [-0.2, 0) is 17.9 Å². The first-order valence-corrected chi connectivity index (χ1v) is 10.5. The van der Waals surface area contributed by atoms with E-state index < -0.39 is 5.92 Å². The molecule has 5 rings (SSSR count). The van der Waals surface area contributed by atoms with Gasteiger partial charge < -0.3 is 10.0 Å². The van der Waals surface area contributed by atoms with E-state index in [1.165, 1.54) is 11.9 Å². The molecular formula is C23H20N4O2S. The maximum atomic E-state index is 13.0. The van der Waals surface area contributed by atoms with Crippen molar-refractivity contribution in [3.8, 4) is 0 Å². The lowest BCUT2D eigenvalue weighted by molar-refractivity contribution is -0.134.